The highest BCUT2D eigenvalue weighted by atomic mass is 35.5. The van der Waals surface area contributed by atoms with Gasteiger partial charge < -0.3 is 14.6 Å². The van der Waals surface area contributed by atoms with Crippen molar-refractivity contribution in [2.75, 3.05) is 13.0 Å². The molecule has 0 aromatic rings. The molecule has 1 aliphatic heterocycles. The summed E-state index contributed by atoms with van der Waals surface area (Å²) in [5.74, 6) is -0.688. The number of methoxy groups -OCH3 is 1. The monoisotopic (exact) mass is 206 g/mol. The van der Waals surface area contributed by atoms with Gasteiger partial charge >= 0.3 is 5.97 Å². The smallest absolute Gasteiger partial charge is 0.311 e. The van der Waals surface area contributed by atoms with Crippen LogP contribution in [0.15, 0.2) is 0 Å². The van der Waals surface area contributed by atoms with Crippen LogP contribution in [0.25, 0.3) is 0 Å². The predicted molar refractivity (Wildman–Crippen MR) is 44.4 cm³/mol. The molecule has 5 atom stereocenters. The molecule has 2 aliphatic rings. The fourth-order valence-corrected chi connectivity index (χ4v) is 2.41. The van der Waals surface area contributed by atoms with E-state index < -0.39 is 6.10 Å². The van der Waals surface area contributed by atoms with Gasteiger partial charge in [-0.2, -0.15) is 0 Å². The molecule has 13 heavy (non-hydrogen) atoms. The lowest BCUT2D eigenvalue weighted by molar-refractivity contribution is -0.149. The quantitative estimate of drug-likeness (QED) is 0.385. The lowest BCUT2D eigenvalue weighted by Gasteiger charge is -2.20. The lowest BCUT2D eigenvalue weighted by atomic mass is 9.95. The number of epoxide rings is 1. The van der Waals surface area contributed by atoms with Crippen LogP contribution in [-0.2, 0) is 14.3 Å². The summed E-state index contributed by atoms with van der Waals surface area (Å²) in [7, 11) is 1.33. The van der Waals surface area contributed by atoms with E-state index in [0.717, 1.165) is 0 Å². The summed E-state index contributed by atoms with van der Waals surface area (Å²) in [4.78, 5) is 11.3. The van der Waals surface area contributed by atoms with Crippen molar-refractivity contribution >= 4 is 17.6 Å². The molecule has 2 rings (SSSR count). The summed E-state index contributed by atoms with van der Waals surface area (Å²) < 4.78 is 9.75. The van der Waals surface area contributed by atoms with Crippen molar-refractivity contribution < 1.29 is 19.4 Å². The highest BCUT2D eigenvalue weighted by Gasteiger charge is 2.64. The molecule has 0 aromatic heterocycles. The molecule has 1 heterocycles. The van der Waals surface area contributed by atoms with Crippen LogP contribution in [0.2, 0.25) is 0 Å². The van der Waals surface area contributed by atoms with Crippen LogP contribution in [0.1, 0.15) is 0 Å². The fraction of sp³-hybridized carbons (Fsp3) is 0.875. The molecule has 2 fully saturated rings. The van der Waals surface area contributed by atoms with Gasteiger partial charge in [0, 0.05) is 11.8 Å². The van der Waals surface area contributed by atoms with Crippen LogP contribution in [0, 0.1) is 11.8 Å². The minimum absolute atomic E-state index is 0.175. The number of alkyl halides is 1. The van der Waals surface area contributed by atoms with Crippen molar-refractivity contribution in [3.63, 3.8) is 0 Å². The number of rotatable bonds is 2. The Balaban J connectivity index is 2.12. The van der Waals surface area contributed by atoms with Crippen LogP contribution in [0.3, 0.4) is 0 Å². The molecular formula is C8H11ClO4. The van der Waals surface area contributed by atoms with E-state index in [-0.39, 0.29) is 35.9 Å². The molecule has 0 spiro atoms. The minimum atomic E-state index is -0.619. The Hall–Kier alpha value is -0.320. The number of fused-ring (bicyclic) bond motifs is 1. The van der Waals surface area contributed by atoms with Gasteiger partial charge in [-0.3, -0.25) is 4.79 Å². The number of aliphatic hydroxyl groups excluding tert-OH is 1. The Labute approximate surface area is 80.8 Å². The zero-order valence-corrected chi connectivity index (χ0v) is 7.90. The first-order valence-corrected chi connectivity index (χ1v) is 4.71. The number of ether oxygens (including phenoxy) is 2. The average molecular weight is 207 g/mol. The standard InChI is InChI=1S/C8H11ClO4/c1-12-8(11)4-3(2-9)5(10)7-6(4)13-7/h3-7,10H,2H2,1H3/t3-,4+,5-,6-,7+/m0/s1. The molecule has 0 aromatic carbocycles. The summed E-state index contributed by atoms with van der Waals surface area (Å²) >= 11 is 5.66. The van der Waals surface area contributed by atoms with Gasteiger partial charge in [-0.15, -0.1) is 11.6 Å². The van der Waals surface area contributed by atoms with Crippen molar-refractivity contribution in [2.45, 2.75) is 18.3 Å². The van der Waals surface area contributed by atoms with E-state index in [2.05, 4.69) is 4.74 Å². The van der Waals surface area contributed by atoms with Gasteiger partial charge in [-0.05, 0) is 0 Å². The first-order chi connectivity index (χ1) is 6.20. The number of esters is 1. The van der Waals surface area contributed by atoms with Gasteiger partial charge in [0.25, 0.3) is 0 Å². The number of carbonyl (C=O) groups excluding carboxylic acids is 1. The number of hydrogen-bond acceptors (Lipinski definition) is 4. The van der Waals surface area contributed by atoms with Gasteiger partial charge in [-0.1, -0.05) is 0 Å². The Bertz CT molecular complexity index is 232. The molecule has 0 bridgehead atoms. The lowest BCUT2D eigenvalue weighted by Crippen LogP contribution is -2.33. The van der Waals surface area contributed by atoms with Crippen LogP contribution in [-0.4, -0.2) is 42.4 Å². The van der Waals surface area contributed by atoms with Crippen LogP contribution >= 0.6 is 11.6 Å². The number of hydrogen-bond donors (Lipinski definition) is 1. The third-order valence-corrected chi connectivity index (χ3v) is 3.16. The summed E-state index contributed by atoms with van der Waals surface area (Å²) in [6.45, 7) is 0. The predicted octanol–water partition coefficient (Wildman–Crippen LogP) is -0.228. The minimum Gasteiger partial charge on any atom is -0.469 e. The summed E-state index contributed by atoms with van der Waals surface area (Å²) in [5, 5.41) is 9.60. The molecule has 1 N–H and O–H groups in total. The van der Waals surface area contributed by atoms with Crippen molar-refractivity contribution in [1.29, 1.82) is 0 Å². The van der Waals surface area contributed by atoms with E-state index in [1.165, 1.54) is 7.11 Å². The number of halogens is 1. The normalized spacial score (nSPS) is 47.2. The summed E-state index contributed by atoms with van der Waals surface area (Å²) in [6.07, 6.45) is -0.995. The van der Waals surface area contributed by atoms with Crippen molar-refractivity contribution in [2.24, 2.45) is 11.8 Å². The van der Waals surface area contributed by atoms with Crippen LogP contribution < -0.4 is 0 Å². The second kappa shape index (κ2) is 3.12. The maximum absolute atomic E-state index is 11.3. The highest BCUT2D eigenvalue weighted by molar-refractivity contribution is 6.18. The average Bonchev–Trinajstić information content (AvgIpc) is 2.86. The first-order valence-electron chi connectivity index (χ1n) is 4.18. The van der Waals surface area contributed by atoms with Crippen LogP contribution in [0.5, 0.6) is 0 Å². The van der Waals surface area contributed by atoms with Crippen molar-refractivity contribution in [3.8, 4) is 0 Å². The second-order valence-electron chi connectivity index (χ2n) is 3.42. The van der Waals surface area contributed by atoms with E-state index in [4.69, 9.17) is 16.3 Å². The van der Waals surface area contributed by atoms with E-state index in [1.807, 2.05) is 0 Å². The van der Waals surface area contributed by atoms with E-state index >= 15 is 0 Å². The molecule has 0 unspecified atom stereocenters. The molecule has 74 valence electrons. The molecule has 0 radical (unpaired) electrons. The zero-order valence-electron chi connectivity index (χ0n) is 7.14. The largest absolute Gasteiger partial charge is 0.469 e. The van der Waals surface area contributed by atoms with Gasteiger partial charge in [0.15, 0.2) is 0 Å². The maximum Gasteiger partial charge on any atom is 0.311 e. The zero-order chi connectivity index (χ0) is 9.59. The van der Waals surface area contributed by atoms with E-state index in [9.17, 15) is 9.90 Å². The van der Waals surface area contributed by atoms with Crippen molar-refractivity contribution in [1.82, 2.24) is 0 Å². The van der Waals surface area contributed by atoms with Gasteiger partial charge in [0.2, 0.25) is 0 Å². The molecule has 5 heteroatoms. The Morgan fingerprint density at radius 2 is 2.31 bits per heavy atom. The SMILES string of the molecule is COC(=O)[C@@H]1[C@H](CCl)[C@H](O)[C@H]2O[C@H]21. The summed E-state index contributed by atoms with van der Waals surface area (Å²) in [5.41, 5.74) is 0. The Morgan fingerprint density at radius 1 is 1.62 bits per heavy atom. The maximum atomic E-state index is 11.3. The third-order valence-electron chi connectivity index (χ3n) is 2.80. The fourth-order valence-electron chi connectivity index (χ4n) is 2.03. The molecule has 1 aliphatic carbocycles. The third kappa shape index (κ3) is 1.24. The molecule has 0 amide bonds. The second-order valence-corrected chi connectivity index (χ2v) is 3.73. The summed E-state index contributed by atoms with van der Waals surface area (Å²) in [6, 6.07) is 0. The Kier molecular flexibility index (Phi) is 2.21. The van der Waals surface area contributed by atoms with E-state index in [1.54, 1.807) is 0 Å². The van der Waals surface area contributed by atoms with Crippen molar-refractivity contribution in [3.05, 3.63) is 0 Å². The van der Waals surface area contributed by atoms with Gasteiger partial charge in [-0.25, -0.2) is 0 Å². The molecule has 1 saturated carbocycles. The van der Waals surface area contributed by atoms with Gasteiger partial charge in [0.05, 0.1) is 19.1 Å². The van der Waals surface area contributed by atoms with Gasteiger partial charge in [0.1, 0.15) is 12.2 Å². The molecule has 1 saturated heterocycles. The first kappa shape index (κ1) is 9.24. The Morgan fingerprint density at radius 3 is 2.85 bits per heavy atom. The molecular weight excluding hydrogens is 196 g/mol. The van der Waals surface area contributed by atoms with Crippen LogP contribution in [0.4, 0.5) is 0 Å². The number of carbonyl (C=O) groups is 1. The topological polar surface area (TPSA) is 59.1 Å². The highest BCUT2D eigenvalue weighted by Crippen LogP contribution is 2.47. The number of aliphatic hydroxyl groups is 1. The van der Waals surface area contributed by atoms with E-state index in [0.29, 0.717) is 0 Å². The molecule has 4 nitrogen and oxygen atoms in total.